The Kier molecular flexibility index (Phi) is 6.74. The second-order valence-electron chi connectivity index (χ2n) is 4.15. The van der Waals surface area contributed by atoms with Crippen LogP contribution in [0.3, 0.4) is 0 Å². The first-order valence-electron chi connectivity index (χ1n) is 6.49. The van der Waals surface area contributed by atoms with E-state index >= 15 is 0 Å². The molecule has 1 rings (SSSR count). The molecular weight excluding hydrogens is 244 g/mol. The number of nitrogens with one attached hydrogen (secondary N) is 1. The van der Waals surface area contributed by atoms with E-state index in [4.69, 9.17) is 10.5 Å². The van der Waals surface area contributed by atoms with Crippen molar-refractivity contribution in [2.24, 2.45) is 0 Å². The van der Waals surface area contributed by atoms with Crippen molar-refractivity contribution in [3.8, 4) is 0 Å². The number of carbonyl (C=O) groups excluding carboxylic acids is 1. The molecule has 5 heteroatoms. The van der Waals surface area contributed by atoms with Gasteiger partial charge < -0.3 is 20.5 Å². The zero-order chi connectivity index (χ0) is 14.1. The standard InChI is InChI=1S/C14H22N2O3/c1-3-9-19-10-5-8-16-12-7-4-6-11(13(12)15)14(17)18-2/h4,6-7,16H,3,5,8-10,15H2,1-2H3. The van der Waals surface area contributed by atoms with Crippen LogP contribution in [0.5, 0.6) is 0 Å². The number of hydrogen-bond donors (Lipinski definition) is 2. The van der Waals surface area contributed by atoms with E-state index in [1.165, 1.54) is 7.11 Å². The monoisotopic (exact) mass is 266 g/mol. The summed E-state index contributed by atoms with van der Waals surface area (Å²) < 4.78 is 10.1. The number of anilines is 2. The van der Waals surface area contributed by atoms with Gasteiger partial charge in [0.25, 0.3) is 0 Å². The molecule has 0 amide bonds. The van der Waals surface area contributed by atoms with Crippen LogP contribution in [0.15, 0.2) is 18.2 Å². The van der Waals surface area contributed by atoms with Crippen molar-refractivity contribution in [2.75, 3.05) is 37.9 Å². The largest absolute Gasteiger partial charge is 0.465 e. The van der Waals surface area contributed by atoms with Crippen LogP contribution in [-0.4, -0.2) is 32.8 Å². The highest BCUT2D eigenvalue weighted by atomic mass is 16.5. The quantitative estimate of drug-likeness (QED) is 0.429. The highest BCUT2D eigenvalue weighted by Gasteiger charge is 2.12. The van der Waals surface area contributed by atoms with Gasteiger partial charge in [0.2, 0.25) is 0 Å². The minimum atomic E-state index is -0.424. The number of hydrogen-bond acceptors (Lipinski definition) is 5. The summed E-state index contributed by atoms with van der Waals surface area (Å²) in [6.45, 7) is 4.34. The third kappa shape index (κ3) is 4.79. The molecule has 0 aliphatic heterocycles. The Hall–Kier alpha value is -1.75. The normalized spacial score (nSPS) is 10.2. The molecule has 5 nitrogen and oxygen atoms in total. The van der Waals surface area contributed by atoms with Crippen LogP contribution in [0.2, 0.25) is 0 Å². The lowest BCUT2D eigenvalue weighted by molar-refractivity contribution is 0.0602. The number of para-hydroxylation sites is 1. The van der Waals surface area contributed by atoms with Gasteiger partial charge in [0.1, 0.15) is 0 Å². The van der Waals surface area contributed by atoms with E-state index < -0.39 is 5.97 Å². The lowest BCUT2D eigenvalue weighted by Gasteiger charge is -2.12. The Morgan fingerprint density at radius 1 is 1.37 bits per heavy atom. The van der Waals surface area contributed by atoms with Gasteiger partial charge in [0, 0.05) is 19.8 Å². The van der Waals surface area contributed by atoms with Gasteiger partial charge in [-0.15, -0.1) is 0 Å². The number of ether oxygens (including phenoxy) is 2. The fourth-order valence-electron chi connectivity index (χ4n) is 1.65. The molecule has 1 aromatic rings. The number of nitrogen functional groups attached to an aromatic ring is 1. The van der Waals surface area contributed by atoms with Crippen LogP contribution in [0.1, 0.15) is 30.1 Å². The van der Waals surface area contributed by atoms with E-state index in [0.29, 0.717) is 11.3 Å². The Morgan fingerprint density at radius 3 is 2.84 bits per heavy atom. The van der Waals surface area contributed by atoms with Gasteiger partial charge >= 0.3 is 5.97 Å². The molecule has 0 aliphatic carbocycles. The van der Waals surface area contributed by atoms with Crippen LogP contribution in [0.25, 0.3) is 0 Å². The first-order chi connectivity index (χ1) is 9.20. The summed E-state index contributed by atoms with van der Waals surface area (Å²) in [7, 11) is 1.34. The smallest absolute Gasteiger partial charge is 0.340 e. The molecular formula is C14H22N2O3. The summed E-state index contributed by atoms with van der Waals surface area (Å²) >= 11 is 0. The molecule has 0 atom stereocenters. The fourth-order valence-corrected chi connectivity index (χ4v) is 1.65. The van der Waals surface area contributed by atoms with Crippen molar-refractivity contribution in [2.45, 2.75) is 19.8 Å². The van der Waals surface area contributed by atoms with Gasteiger partial charge in [0.05, 0.1) is 24.0 Å². The number of methoxy groups -OCH3 is 1. The minimum Gasteiger partial charge on any atom is -0.465 e. The molecule has 0 saturated heterocycles. The summed E-state index contributed by atoms with van der Waals surface area (Å²) in [6, 6.07) is 5.27. The molecule has 0 saturated carbocycles. The maximum atomic E-state index is 11.5. The molecule has 0 heterocycles. The molecule has 0 radical (unpaired) electrons. The van der Waals surface area contributed by atoms with Gasteiger partial charge in [-0.3, -0.25) is 0 Å². The van der Waals surface area contributed by atoms with Crippen molar-refractivity contribution in [3.05, 3.63) is 23.8 Å². The lowest BCUT2D eigenvalue weighted by Crippen LogP contribution is -2.11. The van der Waals surface area contributed by atoms with E-state index in [2.05, 4.69) is 17.0 Å². The second kappa shape index (κ2) is 8.37. The summed E-state index contributed by atoms with van der Waals surface area (Å²) in [6.07, 6.45) is 1.92. The molecule has 0 unspecified atom stereocenters. The van der Waals surface area contributed by atoms with E-state index in [-0.39, 0.29) is 0 Å². The molecule has 0 aliphatic rings. The van der Waals surface area contributed by atoms with Crippen molar-refractivity contribution in [1.29, 1.82) is 0 Å². The van der Waals surface area contributed by atoms with Gasteiger partial charge in [-0.2, -0.15) is 0 Å². The van der Waals surface area contributed by atoms with Crippen molar-refractivity contribution in [3.63, 3.8) is 0 Å². The van der Waals surface area contributed by atoms with E-state index in [0.717, 1.165) is 38.3 Å². The molecule has 106 valence electrons. The van der Waals surface area contributed by atoms with Crippen LogP contribution in [0, 0.1) is 0 Å². The van der Waals surface area contributed by atoms with Crippen LogP contribution in [0.4, 0.5) is 11.4 Å². The maximum absolute atomic E-state index is 11.5. The molecule has 0 aromatic heterocycles. The third-order valence-electron chi connectivity index (χ3n) is 2.64. The van der Waals surface area contributed by atoms with Crippen LogP contribution >= 0.6 is 0 Å². The minimum absolute atomic E-state index is 0.384. The number of esters is 1. The van der Waals surface area contributed by atoms with Crippen LogP contribution < -0.4 is 11.1 Å². The highest BCUT2D eigenvalue weighted by molar-refractivity contribution is 5.98. The predicted molar refractivity (Wildman–Crippen MR) is 76.4 cm³/mol. The zero-order valence-electron chi connectivity index (χ0n) is 11.6. The van der Waals surface area contributed by atoms with E-state index in [1.54, 1.807) is 12.1 Å². The fraction of sp³-hybridized carbons (Fsp3) is 0.500. The average Bonchev–Trinajstić information content (AvgIpc) is 2.43. The Labute approximate surface area is 114 Å². The number of nitrogens with two attached hydrogens (primary N) is 1. The van der Waals surface area contributed by atoms with Gasteiger partial charge in [0.15, 0.2) is 0 Å². The first-order valence-corrected chi connectivity index (χ1v) is 6.49. The molecule has 19 heavy (non-hydrogen) atoms. The summed E-state index contributed by atoms with van der Waals surface area (Å²) in [5, 5.41) is 3.20. The predicted octanol–water partition coefficient (Wildman–Crippen LogP) is 2.28. The van der Waals surface area contributed by atoms with Crippen molar-refractivity contribution in [1.82, 2.24) is 0 Å². The molecule has 0 bridgehead atoms. The SMILES string of the molecule is CCCOCCCNc1cccc(C(=O)OC)c1N. The summed E-state index contributed by atoms with van der Waals surface area (Å²) in [4.78, 5) is 11.5. The maximum Gasteiger partial charge on any atom is 0.340 e. The highest BCUT2D eigenvalue weighted by Crippen LogP contribution is 2.23. The Balaban J connectivity index is 2.48. The lowest BCUT2D eigenvalue weighted by atomic mass is 10.1. The van der Waals surface area contributed by atoms with Crippen molar-refractivity contribution < 1.29 is 14.3 Å². The summed E-state index contributed by atoms with van der Waals surface area (Å²) in [5.74, 6) is -0.424. The topological polar surface area (TPSA) is 73.6 Å². The Morgan fingerprint density at radius 2 is 2.16 bits per heavy atom. The zero-order valence-corrected chi connectivity index (χ0v) is 11.6. The number of rotatable bonds is 8. The Bertz CT molecular complexity index is 408. The molecule has 3 N–H and O–H groups in total. The number of carbonyl (C=O) groups is 1. The molecule has 0 spiro atoms. The van der Waals surface area contributed by atoms with E-state index in [1.807, 2.05) is 6.07 Å². The van der Waals surface area contributed by atoms with Gasteiger partial charge in [-0.1, -0.05) is 13.0 Å². The summed E-state index contributed by atoms with van der Waals surface area (Å²) in [5.41, 5.74) is 7.48. The molecule has 1 aromatic carbocycles. The average molecular weight is 266 g/mol. The van der Waals surface area contributed by atoms with Crippen molar-refractivity contribution >= 4 is 17.3 Å². The first kappa shape index (κ1) is 15.3. The van der Waals surface area contributed by atoms with Gasteiger partial charge in [-0.25, -0.2) is 4.79 Å². The van der Waals surface area contributed by atoms with E-state index in [9.17, 15) is 4.79 Å². The third-order valence-corrected chi connectivity index (χ3v) is 2.64. The number of benzene rings is 1. The van der Waals surface area contributed by atoms with Crippen LogP contribution in [-0.2, 0) is 9.47 Å². The molecule has 0 fully saturated rings. The van der Waals surface area contributed by atoms with Gasteiger partial charge in [-0.05, 0) is 25.0 Å². The second-order valence-corrected chi connectivity index (χ2v) is 4.15.